The SMILES string of the molecule is Cc1cc(C(C)N2C(=O)NC(=O)C(C(C)C)C2=O)c(C)s1. The normalized spacial score (nSPS) is 21.0. The number of thiophene rings is 1. The van der Waals surface area contributed by atoms with Crippen molar-refractivity contribution >= 4 is 29.2 Å². The van der Waals surface area contributed by atoms with E-state index in [2.05, 4.69) is 5.32 Å². The molecular weight excluding hydrogens is 288 g/mol. The number of nitrogens with one attached hydrogen (secondary N) is 1. The zero-order valence-corrected chi connectivity index (χ0v) is 13.7. The first-order chi connectivity index (χ1) is 9.73. The van der Waals surface area contributed by atoms with Crippen molar-refractivity contribution in [3.63, 3.8) is 0 Å². The van der Waals surface area contributed by atoms with Crippen molar-refractivity contribution in [2.75, 3.05) is 0 Å². The van der Waals surface area contributed by atoms with E-state index in [0.29, 0.717) is 0 Å². The van der Waals surface area contributed by atoms with Crippen molar-refractivity contribution in [3.05, 3.63) is 21.4 Å². The molecule has 2 heterocycles. The van der Waals surface area contributed by atoms with E-state index in [-0.39, 0.29) is 12.0 Å². The summed E-state index contributed by atoms with van der Waals surface area (Å²) in [6.07, 6.45) is 0. The van der Waals surface area contributed by atoms with Gasteiger partial charge in [-0.15, -0.1) is 11.3 Å². The standard InChI is InChI=1S/C15H20N2O3S/c1-7(2)12-13(18)16-15(20)17(14(12)19)9(4)11-6-8(3)21-10(11)5/h6-7,9,12H,1-5H3,(H,16,18,20). The van der Waals surface area contributed by atoms with E-state index < -0.39 is 23.8 Å². The van der Waals surface area contributed by atoms with Crippen LogP contribution in [0.2, 0.25) is 0 Å². The molecule has 1 aliphatic rings. The Morgan fingerprint density at radius 1 is 1.19 bits per heavy atom. The van der Waals surface area contributed by atoms with Crippen molar-refractivity contribution in [1.82, 2.24) is 10.2 Å². The third-order valence-corrected chi connectivity index (χ3v) is 4.80. The molecule has 1 aliphatic heterocycles. The molecule has 5 nitrogen and oxygen atoms in total. The van der Waals surface area contributed by atoms with Crippen molar-refractivity contribution in [3.8, 4) is 0 Å². The molecule has 1 fully saturated rings. The fourth-order valence-electron chi connectivity index (χ4n) is 2.76. The summed E-state index contributed by atoms with van der Waals surface area (Å²) in [5.41, 5.74) is 0.956. The highest BCUT2D eigenvalue weighted by Crippen LogP contribution is 2.32. The van der Waals surface area contributed by atoms with Gasteiger partial charge in [0.1, 0.15) is 5.92 Å². The zero-order valence-electron chi connectivity index (χ0n) is 12.9. The van der Waals surface area contributed by atoms with Gasteiger partial charge in [-0.05, 0) is 38.3 Å². The third kappa shape index (κ3) is 2.72. The van der Waals surface area contributed by atoms with Gasteiger partial charge in [0.2, 0.25) is 11.8 Å². The van der Waals surface area contributed by atoms with Crippen LogP contribution in [0.3, 0.4) is 0 Å². The summed E-state index contributed by atoms with van der Waals surface area (Å²) in [5.74, 6) is -1.85. The van der Waals surface area contributed by atoms with E-state index in [9.17, 15) is 14.4 Å². The van der Waals surface area contributed by atoms with Crippen LogP contribution in [0.5, 0.6) is 0 Å². The number of aryl methyl sites for hydroxylation is 2. The van der Waals surface area contributed by atoms with Gasteiger partial charge >= 0.3 is 6.03 Å². The Bertz CT molecular complexity index is 606. The summed E-state index contributed by atoms with van der Waals surface area (Å²) in [4.78, 5) is 39.9. The molecule has 1 N–H and O–H groups in total. The predicted octanol–water partition coefficient (Wildman–Crippen LogP) is 2.78. The van der Waals surface area contributed by atoms with Crippen LogP contribution in [-0.2, 0) is 9.59 Å². The molecule has 1 aromatic rings. The van der Waals surface area contributed by atoms with E-state index in [1.165, 1.54) is 4.90 Å². The Morgan fingerprint density at radius 2 is 1.81 bits per heavy atom. The molecule has 0 spiro atoms. The van der Waals surface area contributed by atoms with E-state index in [1.54, 1.807) is 25.2 Å². The zero-order chi connectivity index (χ0) is 15.9. The highest BCUT2D eigenvalue weighted by molar-refractivity contribution is 7.12. The first kappa shape index (κ1) is 15.7. The molecule has 2 rings (SSSR count). The second kappa shape index (κ2) is 5.60. The quantitative estimate of drug-likeness (QED) is 0.873. The monoisotopic (exact) mass is 308 g/mol. The van der Waals surface area contributed by atoms with Gasteiger partial charge in [0.25, 0.3) is 0 Å². The van der Waals surface area contributed by atoms with Crippen LogP contribution in [0.25, 0.3) is 0 Å². The Morgan fingerprint density at radius 3 is 2.29 bits per heavy atom. The fraction of sp³-hybridized carbons (Fsp3) is 0.533. The maximum atomic E-state index is 12.6. The van der Waals surface area contributed by atoms with Crippen molar-refractivity contribution < 1.29 is 14.4 Å². The lowest BCUT2D eigenvalue weighted by molar-refractivity contribution is -0.145. The predicted molar refractivity (Wildman–Crippen MR) is 80.9 cm³/mol. The van der Waals surface area contributed by atoms with Gasteiger partial charge in [-0.2, -0.15) is 0 Å². The van der Waals surface area contributed by atoms with E-state index in [4.69, 9.17) is 0 Å². The summed E-state index contributed by atoms with van der Waals surface area (Å²) in [6, 6.07) is 0.987. The minimum absolute atomic E-state index is 0.148. The summed E-state index contributed by atoms with van der Waals surface area (Å²) in [5, 5.41) is 2.30. The van der Waals surface area contributed by atoms with E-state index in [1.807, 2.05) is 26.8 Å². The van der Waals surface area contributed by atoms with Crippen LogP contribution >= 0.6 is 11.3 Å². The van der Waals surface area contributed by atoms with Gasteiger partial charge in [-0.3, -0.25) is 19.8 Å². The van der Waals surface area contributed by atoms with Gasteiger partial charge in [0.05, 0.1) is 6.04 Å². The first-order valence-electron chi connectivity index (χ1n) is 6.98. The van der Waals surface area contributed by atoms with Gasteiger partial charge in [0, 0.05) is 9.75 Å². The Balaban J connectivity index is 2.37. The van der Waals surface area contributed by atoms with E-state index >= 15 is 0 Å². The van der Waals surface area contributed by atoms with Crippen LogP contribution in [0.1, 0.15) is 42.1 Å². The summed E-state index contributed by atoms with van der Waals surface area (Å²) < 4.78 is 0. The third-order valence-electron chi connectivity index (χ3n) is 3.82. The number of rotatable bonds is 3. The van der Waals surface area contributed by atoms with Crippen LogP contribution < -0.4 is 5.32 Å². The number of barbiturate groups is 1. The number of imide groups is 2. The first-order valence-corrected chi connectivity index (χ1v) is 7.80. The summed E-state index contributed by atoms with van der Waals surface area (Å²) in [7, 11) is 0. The lowest BCUT2D eigenvalue weighted by Crippen LogP contribution is -2.59. The lowest BCUT2D eigenvalue weighted by atomic mass is 9.91. The van der Waals surface area contributed by atoms with Crippen molar-refractivity contribution in [1.29, 1.82) is 0 Å². The average molecular weight is 308 g/mol. The molecule has 0 radical (unpaired) electrons. The molecule has 2 atom stereocenters. The number of hydrogen-bond acceptors (Lipinski definition) is 4. The minimum Gasteiger partial charge on any atom is -0.277 e. The molecule has 6 heteroatoms. The van der Waals surface area contributed by atoms with Crippen molar-refractivity contribution in [2.45, 2.75) is 40.7 Å². The van der Waals surface area contributed by atoms with Crippen LogP contribution in [0.4, 0.5) is 4.79 Å². The molecule has 0 bridgehead atoms. The van der Waals surface area contributed by atoms with Gasteiger partial charge in [-0.25, -0.2) is 4.79 Å². The second-order valence-corrected chi connectivity index (χ2v) is 7.23. The molecule has 1 aromatic heterocycles. The Hall–Kier alpha value is -1.69. The topological polar surface area (TPSA) is 66.5 Å². The van der Waals surface area contributed by atoms with Crippen LogP contribution in [-0.4, -0.2) is 22.7 Å². The molecule has 2 unspecified atom stereocenters. The van der Waals surface area contributed by atoms with E-state index in [0.717, 1.165) is 15.3 Å². The number of carbonyl (C=O) groups is 3. The van der Waals surface area contributed by atoms with Gasteiger partial charge in [0.15, 0.2) is 0 Å². The average Bonchev–Trinajstić information content (AvgIpc) is 2.66. The summed E-state index contributed by atoms with van der Waals surface area (Å²) >= 11 is 1.64. The number of carbonyl (C=O) groups excluding carboxylic acids is 3. The second-order valence-electron chi connectivity index (χ2n) is 5.77. The molecule has 0 aromatic carbocycles. The maximum Gasteiger partial charge on any atom is 0.331 e. The summed E-state index contributed by atoms with van der Waals surface area (Å²) in [6.45, 7) is 9.40. The molecular formula is C15H20N2O3S. The molecule has 21 heavy (non-hydrogen) atoms. The van der Waals surface area contributed by atoms with Crippen LogP contribution in [0, 0.1) is 25.7 Å². The highest BCUT2D eigenvalue weighted by Gasteiger charge is 2.44. The Labute approximate surface area is 128 Å². The van der Waals surface area contributed by atoms with Crippen LogP contribution in [0.15, 0.2) is 6.07 Å². The van der Waals surface area contributed by atoms with Gasteiger partial charge < -0.3 is 0 Å². The number of nitrogens with zero attached hydrogens (tertiary/aromatic N) is 1. The molecule has 0 saturated carbocycles. The Kier molecular flexibility index (Phi) is 4.18. The smallest absolute Gasteiger partial charge is 0.277 e. The number of amides is 4. The minimum atomic E-state index is -0.801. The maximum absolute atomic E-state index is 12.6. The fourth-order valence-corrected chi connectivity index (χ4v) is 3.78. The van der Waals surface area contributed by atoms with Gasteiger partial charge in [-0.1, -0.05) is 13.8 Å². The number of urea groups is 1. The highest BCUT2D eigenvalue weighted by atomic mass is 32.1. The number of hydrogen-bond donors (Lipinski definition) is 1. The van der Waals surface area contributed by atoms with Crippen molar-refractivity contribution in [2.24, 2.45) is 11.8 Å². The lowest BCUT2D eigenvalue weighted by Gasteiger charge is -2.35. The molecule has 1 saturated heterocycles. The largest absolute Gasteiger partial charge is 0.331 e. The molecule has 114 valence electrons. The molecule has 0 aliphatic carbocycles. The molecule has 4 amide bonds.